The second-order valence-corrected chi connectivity index (χ2v) is 3.62. The molecule has 0 spiro atoms. The molecule has 98 valence electrons. The third-order valence-corrected chi connectivity index (χ3v) is 2.53. The van der Waals surface area contributed by atoms with Gasteiger partial charge in [-0.2, -0.15) is 13.2 Å². The van der Waals surface area contributed by atoms with Crippen LogP contribution in [0.4, 0.5) is 13.2 Å². The first-order chi connectivity index (χ1) is 7.82. The molecule has 17 heavy (non-hydrogen) atoms. The molecule has 0 radical (unpaired) electrons. The van der Waals surface area contributed by atoms with Gasteiger partial charge in [-0.05, 0) is 13.8 Å². The Morgan fingerprint density at radius 3 is 2.41 bits per heavy atom. The summed E-state index contributed by atoms with van der Waals surface area (Å²) in [7, 11) is 1.36. The first-order valence-corrected chi connectivity index (χ1v) is 4.97. The van der Waals surface area contributed by atoms with Crippen molar-refractivity contribution in [1.29, 1.82) is 0 Å². The summed E-state index contributed by atoms with van der Waals surface area (Å²) in [5, 5.41) is 16.0. The summed E-state index contributed by atoms with van der Waals surface area (Å²) in [6.07, 6.45) is -5.06. The Labute approximate surface area is 96.2 Å². The van der Waals surface area contributed by atoms with Crippen molar-refractivity contribution < 1.29 is 23.0 Å². The van der Waals surface area contributed by atoms with Crippen LogP contribution in [0.2, 0.25) is 0 Å². The van der Waals surface area contributed by atoms with Gasteiger partial charge in [-0.25, -0.2) is 4.68 Å². The Bertz CT molecular complexity index is 378. The first-order valence-electron chi connectivity index (χ1n) is 4.97. The molecule has 1 heterocycles. The van der Waals surface area contributed by atoms with Gasteiger partial charge in [0.05, 0.1) is 18.4 Å². The van der Waals surface area contributed by atoms with Crippen LogP contribution in [0, 0.1) is 0 Å². The fraction of sp³-hybridized carbons (Fsp3) is 0.778. The molecular weight excluding hydrogens is 239 g/mol. The quantitative estimate of drug-likeness (QED) is 0.885. The summed E-state index contributed by atoms with van der Waals surface area (Å²) in [4.78, 5) is 0. The van der Waals surface area contributed by atoms with Crippen LogP contribution in [-0.4, -0.2) is 33.4 Å². The number of ether oxygens (including phenoxy) is 1. The number of aliphatic hydroxyl groups is 1. The Balaban J connectivity index is 3.20. The number of hydrogen-bond acceptors (Lipinski definition) is 4. The van der Waals surface area contributed by atoms with Crippen LogP contribution in [0.1, 0.15) is 37.4 Å². The van der Waals surface area contributed by atoms with Crippen LogP contribution in [-0.2, 0) is 11.3 Å². The zero-order chi connectivity index (χ0) is 13.2. The van der Waals surface area contributed by atoms with Crippen LogP contribution in [0.15, 0.2) is 0 Å². The molecule has 0 aliphatic carbocycles. The zero-order valence-corrected chi connectivity index (χ0v) is 9.69. The Morgan fingerprint density at radius 2 is 2.00 bits per heavy atom. The molecule has 0 amide bonds. The molecule has 1 aromatic heterocycles. The van der Waals surface area contributed by atoms with Crippen LogP contribution < -0.4 is 0 Å². The van der Waals surface area contributed by atoms with E-state index in [0.717, 1.165) is 11.6 Å². The lowest BCUT2D eigenvalue weighted by molar-refractivity contribution is -0.166. The van der Waals surface area contributed by atoms with Crippen LogP contribution in [0.25, 0.3) is 0 Å². The molecule has 8 heteroatoms. The molecule has 2 atom stereocenters. The van der Waals surface area contributed by atoms with Gasteiger partial charge >= 0.3 is 6.18 Å². The van der Waals surface area contributed by atoms with E-state index in [9.17, 15) is 13.2 Å². The second kappa shape index (κ2) is 5.01. The number of halogens is 3. The minimum absolute atomic E-state index is 0.0930. The predicted octanol–water partition coefficient (Wildman–Crippen LogP) is 1.60. The van der Waals surface area contributed by atoms with Crippen molar-refractivity contribution in [2.45, 2.75) is 38.8 Å². The lowest BCUT2D eigenvalue weighted by Gasteiger charge is -2.20. The molecule has 0 bridgehead atoms. The van der Waals surface area contributed by atoms with Crippen LogP contribution in [0.3, 0.4) is 0 Å². The average Bonchev–Trinajstić information content (AvgIpc) is 2.68. The standard InChI is InChI=1S/C9H14F3N3O2/c1-5(17-3)8-7(4-16)13-14-15(8)6(2)9(10,11)12/h5-6,16H,4H2,1-3H3. The minimum atomic E-state index is -4.43. The summed E-state index contributed by atoms with van der Waals surface area (Å²) < 4.78 is 43.5. The largest absolute Gasteiger partial charge is 0.410 e. The van der Waals surface area contributed by atoms with E-state index in [1.54, 1.807) is 6.92 Å². The highest BCUT2D eigenvalue weighted by molar-refractivity contribution is 5.13. The summed E-state index contributed by atoms with van der Waals surface area (Å²) in [5.74, 6) is 0. The highest BCUT2D eigenvalue weighted by atomic mass is 19.4. The fourth-order valence-electron chi connectivity index (χ4n) is 1.40. The van der Waals surface area contributed by atoms with Gasteiger partial charge < -0.3 is 9.84 Å². The van der Waals surface area contributed by atoms with Crippen LogP contribution in [0.5, 0.6) is 0 Å². The highest BCUT2D eigenvalue weighted by Crippen LogP contribution is 2.32. The second-order valence-electron chi connectivity index (χ2n) is 3.62. The van der Waals surface area contributed by atoms with Gasteiger partial charge in [0, 0.05) is 7.11 Å². The van der Waals surface area contributed by atoms with Crippen LogP contribution >= 0.6 is 0 Å². The third-order valence-electron chi connectivity index (χ3n) is 2.53. The number of aromatic nitrogens is 3. The summed E-state index contributed by atoms with van der Waals surface area (Å²) >= 11 is 0. The first kappa shape index (κ1) is 13.9. The molecule has 0 fully saturated rings. The smallest absolute Gasteiger partial charge is 0.390 e. The van der Waals surface area contributed by atoms with E-state index in [0.29, 0.717) is 0 Å². The van der Waals surface area contributed by atoms with E-state index in [2.05, 4.69) is 10.3 Å². The van der Waals surface area contributed by atoms with Crippen molar-refractivity contribution in [1.82, 2.24) is 15.0 Å². The topological polar surface area (TPSA) is 60.2 Å². The van der Waals surface area contributed by atoms with E-state index >= 15 is 0 Å². The number of alkyl halides is 3. The van der Waals surface area contributed by atoms with Crippen molar-refractivity contribution in [3.8, 4) is 0 Å². The van der Waals surface area contributed by atoms with Gasteiger partial charge in [0.1, 0.15) is 11.7 Å². The van der Waals surface area contributed by atoms with E-state index in [4.69, 9.17) is 9.84 Å². The third kappa shape index (κ3) is 2.75. The SMILES string of the molecule is COC(C)c1c(CO)nnn1C(C)C(F)(F)F. The zero-order valence-electron chi connectivity index (χ0n) is 9.69. The number of hydrogen-bond donors (Lipinski definition) is 1. The molecule has 2 unspecified atom stereocenters. The summed E-state index contributed by atoms with van der Waals surface area (Å²) in [6.45, 7) is 2.06. The number of rotatable bonds is 4. The van der Waals surface area contributed by atoms with Crippen molar-refractivity contribution in [2.75, 3.05) is 7.11 Å². The number of methoxy groups -OCH3 is 1. The predicted molar refractivity (Wildman–Crippen MR) is 52.1 cm³/mol. The molecule has 1 N–H and O–H groups in total. The highest BCUT2D eigenvalue weighted by Gasteiger charge is 2.40. The Morgan fingerprint density at radius 1 is 1.41 bits per heavy atom. The monoisotopic (exact) mass is 253 g/mol. The normalized spacial score (nSPS) is 15.9. The van der Waals surface area contributed by atoms with Gasteiger partial charge in [-0.15, -0.1) is 5.10 Å². The van der Waals surface area contributed by atoms with Gasteiger partial charge in [0.25, 0.3) is 0 Å². The fourth-order valence-corrected chi connectivity index (χ4v) is 1.40. The molecule has 5 nitrogen and oxygen atoms in total. The maximum absolute atomic E-state index is 12.6. The molecular formula is C9H14F3N3O2. The molecule has 1 rings (SSSR count). The van der Waals surface area contributed by atoms with Crippen molar-refractivity contribution in [2.24, 2.45) is 0 Å². The maximum atomic E-state index is 12.6. The lowest BCUT2D eigenvalue weighted by Crippen LogP contribution is -2.27. The molecule has 0 aliphatic heterocycles. The van der Waals surface area contributed by atoms with Gasteiger partial charge in [0.15, 0.2) is 0 Å². The summed E-state index contributed by atoms with van der Waals surface area (Å²) in [5.41, 5.74) is 0.232. The van der Waals surface area contributed by atoms with Gasteiger partial charge in [-0.3, -0.25) is 0 Å². The van der Waals surface area contributed by atoms with Gasteiger partial charge in [-0.1, -0.05) is 5.21 Å². The van der Waals surface area contributed by atoms with Crippen molar-refractivity contribution in [3.63, 3.8) is 0 Å². The molecule has 0 aromatic carbocycles. The van der Waals surface area contributed by atoms with E-state index < -0.39 is 24.9 Å². The summed E-state index contributed by atoms with van der Waals surface area (Å²) in [6, 6.07) is -1.82. The minimum Gasteiger partial charge on any atom is -0.390 e. The van der Waals surface area contributed by atoms with E-state index in [1.807, 2.05) is 0 Å². The Kier molecular flexibility index (Phi) is 4.10. The maximum Gasteiger partial charge on any atom is 0.410 e. The Hall–Kier alpha value is -1.15. The molecule has 0 saturated carbocycles. The molecule has 0 aliphatic rings. The van der Waals surface area contributed by atoms with Crippen molar-refractivity contribution in [3.05, 3.63) is 11.4 Å². The number of nitrogens with zero attached hydrogens (tertiary/aromatic N) is 3. The lowest BCUT2D eigenvalue weighted by atomic mass is 10.2. The van der Waals surface area contributed by atoms with E-state index in [1.165, 1.54) is 7.11 Å². The molecule has 1 aromatic rings. The van der Waals surface area contributed by atoms with Gasteiger partial charge in [0.2, 0.25) is 0 Å². The van der Waals surface area contributed by atoms with Crippen molar-refractivity contribution >= 4 is 0 Å². The average molecular weight is 253 g/mol. The number of aliphatic hydroxyl groups excluding tert-OH is 1. The van der Waals surface area contributed by atoms with E-state index in [-0.39, 0.29) is 11.4 Å². The molecule has 0 saturated heterocycles.